The number of benzene rings is 1. The number of nitrogens with one attached hydrogen (secondary N) is 2. The van der Waals surface area contributed by atoms with E-state index in [4.69, 9.17) is 4.98 Å². The molecule has 0 bridgehead atoms. The number of aromatic nitrogens is 2. The average Bonchev–Trinajstić information content (AvgIpc) is 2.80. The van der Waals surface area contributed by atoms with E-state index in [-0.39, 0.29) is 11.8 Å². The molecule has 1 aromatic carbocycles. The minimum Gasteiger partial charge on any atom is -0.341 e. The summed E-state index contributed by atoms with van der Waals surface area (Å²) in [5.74, 6) is 1.26. The lowest BCUT2D eigenvalue weighted by Crippen LogP contribution is -2.40. The molecule has 1 aromatic heterocycles. The number of carbonyl (C=O) groups excluding carboxylic acids is 1. The molecule has 0 spiro atoms. The van der Waals surface area contributed by atoms with Crippen LogP contribution in [0.15, 0.2) is 30.3 Å². The Bertz CT molecular complexity index is 1080. The Labute approximate surface area is 195 Å². The molecule has 0 aliphatic carbocycles. The van der Waals surface area contributed by atoms with Gasteiger partial charge in [0.2, 0.25) is 21.9 Å². The molecule has 0 saturated carbocycles. The van der Waals surface area contributed by atoms with Gasteiger partial charge in [0.05, 0.1) is 6.26 Å². The fourth-order valence-corrected chi connectivity index (χ4v) is 5.21. The second kappa shape index (κ2) is 10.0. The number of piperidine rings is 2. The first kappa shape index (κ1) is 23.4. The van der Waals surface area contributed by atoms with Gasteiger partial charge in [0.25, 0.3) is 0 Å². The number of hydrogen-bond donors (Lipinski definition) is 2. The van der Waals surface area contributed by atoms with Crippen molar-refractivity contribution in [1.82, 2.24) is 14.3 Å². The van der Waals surface area contributed by atoms with Crippen LogP contribution in [0.1, 0.15) is 37.8 Å². The minimum atomic E-state index is -3.19. The van der Waals surface area contributed by atoms with Crippen LogP contribution < -0.4 is 15.5 Å². The molecule has 3 heterocycles. The molecule has 9 nitrogen and oxygen atoms in total. The zero-order valence-corrected chi connectivity index (χ0v) is 20.1. The van der Waals surface area contributed by atoms with E-state index < -0.39 is 10.0 Å². The average molecular weight is 473 g/mol. The van der Waals surface area contributed by atoms with E-state index in [1.165, 1.54) is 29.8 Å². The largest absolute Gasteiger partial charge is 0.341 e. The highest BCUT2D eigenvalue weighted by molar-refractivity contribution is 7.88. The van der Waals surface area contributed by atoms with Gasteiger partial charge >= 0.3 is 0 Å². The molecule has 178 valence electrons. The van der Waals surface area contributed by atoms with Crippen molar-refractivity contribution in [1.29, 1.82) is 0 Å². The molecule has 0 atom stereocenters. The van der Waals surface area contributed by atoms with Crippen LogP contribution in [0.5, 0.6) is 0 Å². The summed E-state index contributed by atoms with van der Waals surface area (Å²) in [5, 5.41) is 6.28. The number of sulfonamides is 1. The summed E-state index contributed by atoms with van der Waals surface area (Å²) < 4.78 is 24.7. The van der Waals surface area contributed by atoms with Crippen LogP contribution in [0.2, 0.25) is 0 Å². The lowest BCUT2D eigenvalue weighted by atomic mass is 9.97. The lowest BCUT2D eigenvalue weighted by Gasteiger charge is -2.29. The smallest absolute Gasteiger partial charge is 0.227 e. The number of carbonyl (C=O) groups is 1. The van der Waals surface area contributed by atoms with Crippen molar-refractivity contribution in [3.63, 3.8) is 0 Å². The molecule has 0 radical (unpaired) electrons. The fourth-order valence-electron chi connectivity index (χ4n) is 4.33. The topological polar surface area (TPSA) is 108 Å². The number of nitrogens with zero attached hydrogens (tertiary/aromatic N) is 4. The van der Waals surface area contributed by atoms with E-state index >= 15 is 0 Å². The van der Waals surface area contributed by atoms with Crippen LogP contribution in [-0.2, 0) is 14.8 Å². The molecule has 1 amide bonds. The molecule has 33 heavy (non-hydrogen) atoms. The van der Waals surface area contributed by atoms with Crippen molar-refractivity contribution in [3.8, 4) is 0 Å². The Balaban J connectivity index is 1.34. The van der Waals surface area contributed by atoms with Gasteiger partial charge < -0.3 is 15.5 Å². The number of aryl methyl sites for hydroxylation is 1. The molecular formula is C23H32N6O3S. The highest BCUT2D eigenvalue weighted by Gasteiger charge is 2.28. The van der Waals surface area contributed by atoms with E-state index in [9.17, 15) is 13.2 Å². The first-order chi connectivity index (χ1) is 15.8. The Morgan fingerprint density at radius 2 is 1.61 bits per heavy atom. The van der Waals surface area contributed by atoms with Crippen LogP contribution in [-0.4, -0.2) is 61.0 Å². The zero-order valence-electron chi connectivity index (χ0n) is 19.2. The monoisotopic (exact) mass is 472 g/mol. The molecule has 2 fully saturated rings. The van der Waals surface area contributed by atoms with Crippen molar-refractivity contribution < 1.29 is 13.2 Å². The van der Waals surface area contributed by atoms with Crippen molar-refractivity contribution >= 4 is 39.1 Å². The summed E-state index contributed by atoms with van der Waals surface area (Å²) in [4.78, 5) is 24.1. The summed E-state index contributed by atoms with van der Waals surface area (Å²) in [5.41, 5.74) is 2.50. The summed E-state index contributed by atoms with van der Waals surface area (Å²) in [6.07, 6.45) is 5.88. The normalized spacial score (nSPS) is 18.2. The number of anilines is 4. The standard InChI is InChI=1S/C23H32N6O3S/c1-17-16-21(27-23(24-17)28-12-4-3-5-13-28)25-19-6-8-20(9-7-19)26-22(30)18-10-14-29(15-11-18)33(2,31)32/h6-9,16,18H,3-5,10-15H2,1-2H3,(H,26,30)(H,24,25,27). The maximum atomic E-state index is 12.6. The van der Waals surface area contributed by atoms with E-state index in [1.807, 2.05) is 37.3 Å². The van der Waals surface area contributed by atoms with Crippen molar-refractivity contribution in [3.05, 3.63) is 36.0 Å². The van der Waals surface area contributed by atoms with Gasteiger partial charge in [0, 0.05) is 55.2 Å². The number of hydrogen-bond acceptors (Lipinski definition) is 7. The van der Waals surface area contributed by atoms with Crippen LogP contribution in [0.3, 0.4) is 0 Å². The Kier molecular flexibility index (Phi) is 7.14. The van der Waals surface area contributed by atoms with Gasteiger partial charge in [0.1, 0.15) is 5.82 Å². The van der Waals surface area contributed by atoms with Crippen LogP contribution >= 0.6 is 0 Å². The van der Waals surface area contributed by atoms with Gasteiger partial charge in [-0.15, -0.1) is 0 Å². The lowest BCUT2D eigenvalue weighted by molar-refractivity contribution is -0.120. The molecule has 10 heteroatoms. The molecule has 2 aliphatic heterocycles. The first-order valence-corrected chi connectivity index (χ1v) is 13.4. The van der Waals surface area contributed by atoms with Gasteiger partial charge in [-0.2, -0.15) is 4.98 Å². The second-order valence-corrected chi connectivity index (χ2v) is 10.9. The third kappa shape index (κ3) is 6.20. The molecule has 2 saturated heterocycles. The van der Waals surface area contributed by atoms with E-state index in [1.54, 1.807) is 0 Å². The third-order valence-corrected chi connectivity index (χ3v) is 7.50. The second-order valence-electron chi connectivity index (χ2n) is 8.87. The summed E-state index contributed by atoms with van der Waals surface area (Å²) >= 11 is 0. The van der Waals surface area contributed by atoms with Gasteiger partial charge in [-0.05, 0) is 63.3 Å². The Morgan fingerprint density at radius 1 is 0.970 bits per heavy atom. The maximum absolute atomic E-state index is 12.6. The molecular weight excluding hydrogens is 440 g/mol. The number of amides is 1. The molecule has 2 aliphatic rings. The van der Waals surface area contributed by atoms with E-state index in [0.29, 0.717) is 31.6 Å². The summed E-state index contributed by atoms with van der Waals surface area (Å²) in [6.45, 7) is 4.73. The molecule has 4 rings (SSSR count). The van der Waals surface area contributed by atoms with E-state index in [0.717, 1.165) is 36.2 Å². The highest BCUT2D eigenvalue weighted by atomic mass is 32.2. The predicted molar refractivity (Wildman–Crippen MR) is 130 cm³/mol. The van der Waals surface area contributed by atoms with Crippen molar-refractivity contribution in [2.75, 3.05) is 48.0 Å². The zero-order chi connectivity index (χ0) is 23.4. The SMILES string of the molecule is Cc1cc(Nc2ccc(NC(=O)C3CCN(S(C)(=O)=O)CC3)cc2)nc(N2CCCCC2)n1. The summed E-state index contributed by atoms with van der Waals surface area (Å²) in [6, 6.07) is 9.43. The quantitative estimate of drug-likeness (QED) is 0.665. The Morgan fingerprint density at radius 3 is 2.24 bits per heavy atom. The molecule has 0 unspecified atom stereocenters. The van der Waals surface area contributed by atoms with Gasteiger partial charge in [-0.25, -0.2) is 17.7 Å². The fraction of sp³-hybridized carbons (Fsp3) is 0.522. The van der Waals surface area contributed by atoms with Crippen molar-refractivity contribution in [2.24, 2.45) is 5.92 Å². The maximum Gasteiger partial charge on any atom is 0.227 e. The molecule has 2 aromatic rings. The predicted octanol–water partition coefficient (Wildman–Crippen LogP) is 3.13. The third-order valence-electron chi connectivity index (χ3n) is 6.20. The van der Waals surface area contributed by atoms with Crippen molar-refractivity contribution in [2.45, 2.75) is 39.0 Å². The molecule has 2 N–H and O–H groups in total. The van der Waals surface area contributed by atoms with Gasteiger partial charge in [0.15, 0.2) is 0 Å². The van der Waals surface area contributed by atoms with Gasteiger partial charge in [-0.1, -0.05) is 0 Å². The number of rotatable bonds is 6. The minimum absolute atomic E-state index is 0.0681. The van der Waals surface area contributed by atoms with Gasteiger partial charge in [-0.3, -0.25) is 4.79 Å². The summed E-state index contributed by atoms with van der Waals surface area (Å²) in [7, 11) is -3.19. The Hall–Kier alpha value is -2.72. The van der Waals surface area contributed by atoms with E-state index in [2.05, 4.69) is 20.5 Å². The van der Waals surface area contributed by atoms with Crippen LogP contribution in [0.25, 0.3) is 0 Å². The van der Waals surface area contributed by atoms with Crippen LogP contribution in [0, 0.1) is 12.8 Å². The highest BCUT2D eigenvalue weighted by Crippen LogP contribution is 2.24. The first-order valence-electron chi connectivity index (χ1n) is 11.5. The van der Waals surface area contributed by atoms with Crippen LogP contribution in [0.4, 0.5) is 23.1 Å².